The number of halogens is 1. The van der Waals surface area contributed by atoms with E-state index in [1.54, 1.807) is 0 Å². The maximum atomic E-state index is 6.15. The summed E-state index contributed by atoms with van der Waals surface area (Å²) in [7, 11) is 0. The lowest BCUT2D eigenvalue weighted by atomic mass is 10.2. The van der Waals surface area contributed by atoms with Crippen LogP contribution in [0.1, 0.15) is 13.3 Å². The van der Waals surface area contributed by atoms with Crippen LogP contribution in [0.4, 0.5) is 0 Å². The molecule has 0 aliphatic carbocycles. The number of aromatic nitrogens is 2. The fourth-order valence-corrected chi connectivity index (χ4v) is 2.30. The van der Waals surface area contributed by atoms with Gasteiger partial charge in [0.15, 0.2) is 0 Å². The molecule has 102 valence electrons. The molecule has 0 radical (unpaired) electrons. The van der Waals surface area contributed by atoms with E-state index in [2.05, 4.69) is 16.9 Å². The summed E-state index contributed by atoms with van der Waals surface area (Å²) in [5.41, 5.74) is 2.72. The van der Waals surface area contributed by atoms with Crippen LogP contribution in [0.3, 0.4) is 0 Å². The fraction of sp³-hybridized carbons (Fsp3) is 0.188. The summed E-state index contributed by atoms with van der Waals surface area (Å²) in [5.74, 6) is 1.66. The summed E-state index contributed by atoms with van der Waals surface area (Å²) in [5, 5.41) is 0.656. The number of nitrogens with zero attached hydrogens (tertiary/aromatic N) is 1. The van der Waals surface area contributed by atoms with E-state index in [9.17, 15) is 0 Å². The number of fused-ring (bicyclic) bond motifs is 1. The molecule has 4 heteroatoms. The Hall–Kier alpha value is -2.00. The molecule has 3 nitrogen and oxygen atoms in total. The third-order valence-electron chi connectivity index (χ3n) is 3.04. The molecule has 3 aromatic rings. The van der Waals surface area contributed by atoms with Gasteiger partial charge in [0.2, 0.25) is 0 Å². The number of hydrogen-bond donors (Lipinski definition) is 1. The van der Waals surface area contributed by atoms with Crippen molar-refractivity contribution in [3.63, 3.8) is 0 Å². The van der Waals surface area contributed by atoms with Crippen molar-refractivity contribution in [1.82, 2.24) is 9.97 Å². The van der Waals surface area contributed by atoms with Gasteiger partial charge in [0.25, 0.3) is 0 Å². The maximum absolute atomic E-state index is 6.15. The summed E-state index contributed by atoms with van der Waals surface area (Å²) in [4.78, 5) is 7.85. The highest BCUT2D eigenvalue weighted by atomic mass is 35.5. The molecule has 0 aliphatic rings. The van der Waals surface area contributed by atoms with Gasteiger partial charge in [0.05, 0.1) is 17.1 Å². The van der Waals surface area contributed by atoms with E-state index in [1.165, 1.54) is 0 Å². The molecular formula is C16H15ClN2O. The molecule has 20 heavy (non-hydrogen) atoms. The minimum Gasteiger partial charge on any atom is -0.494 e. The standard InChI is InChI=1S/C16H15ClN2O/c1-2-9-20-12-6-3-5-11(10-12)16-18-14-8-4-7-13(17)15(14)19-16/h3-8,10H,2,9H2,1H3,(H,18,19). The first kappa shape index (κ1) is 13.0. The Morgan fingerprint density at radius 1 is 1.20 bits per heavy atom. The molecule has 1 N–H and O–H groups in total. The summed E-state index contributed by atoms with van der Waals surface area (Å²) in [6.45, 7) is 2.81. The lowest BCUT2D eigenvalue weighted by Crippen LogP contribution is -1.94. The van der Waals surface area contributed by atoms with Crippen LogP contribution in [-0.2, 0) is 0 Å². The zero-order valence-electron chi connectivity index (χ0n) is 11.2. The molecule has 0 bridgehead atoms. The van der Waals surface area contributed by atoms with Gasteiger partial charge in [-0.1, -0.05) is 36.7 Å². The van der Waals surface area contributed by atoms with Crippen LogP contribution in [0.25, 0.3) is 22.4 Å². The van der Waals surface area contributed by atoms with Crippen molar-refractivity contribution >= 4 is 22.6 Å². The van der Waals surface area contributed by atoms with Crippen LogP contribution < -0.4 is 4.74 Å². The first-order valence-corrected chi connectivity index (χ1v) is 7.03. The predicted molar refractivity (Wildman–Crippen MR) is 82.3 cm³/mol. The molecule has 0 amide bonds. The Labute approximate surface area is 122 Å². The van der Waals surface area contributed by atoms with Gasteiger partial charge < -0.3 is 9.72 Å². The quantitative estimate of drug-likeness (QED) is 0.756. The molecule has 0 spiro atoms. The van der Waals surface area contributed by atoms with Crippen molar-refractivity contribution < 1.29 is 4.74 Å². The number of hydrogen-bond acceptors (Lipinski definition) is 2. The van der Waals surface area contributed by atoms with Gasteiger partial charge in [-0.2, -0.15) is 0 Å². The van der Waals surface area contributed by atoms with Crippen molar-refractivity contribution in [2.75, 3.05) is 6.61 Å². The normalized spacial score (nSPS) is 10.9. The highest BCUT2D eigenvalue weighted by molar-refractivity contribution is 6.34. The van der Waals surface area contributed by atoms with Crippen LogP contribution in [0.15, 0.2) is 42.5 Å². The molecule has 2 aromatic carbocycles. The number of ether oxygens (including phenoxy) is 1. The lowest BCUT2D eigenvalue weighted by molar-refractivity contribution is 0.317. The Bertz CT molecular complexity index is 736. The molecule has 0 fully saturated rings. The molecule has 0 saturated carbocycles. The van der Waals surface area contributed by atoms with Crippen LogP contribution in [0.5, 0.6) is 5.75 Å². The minimum absolute atomic E-state index is 0.656. The molecule has 0 unspecified atom stereocenters. The van der Waals surface area contributed by atoms with E-state index in [0.29, 0.717) is 5.02 Å². The first-order chi connectivity index (χ1) is 9.78. The second kappa shape index (κ2) is 5.55. The Kier molecular flexibility index (Phi) is 3.61. The zero-order valence-corrected chi connectivity index (χ0v) is 11.9. The van der Waals surface area contributed by atoms with E-state index in [0.717, 1.165) is 41.2 Å². The van der Waals surface area contributed by atoms with Crippen LogP contribution in [0.2, 0.25) is 5.02 Å². The van der Waals surface area contributed by atoms with E-state index < -0.39 is 0 Å². The smallest absolute Gasteiger partial charge is 0.138 e. The van der Waals surface area contributed by atoms with Gasteiger partial charge in [-0.15, -0.1) is 0 Å². The summed E-state index contributed by atoms with van der Waals surface area (Å²) >= 11 is 6.15. The van der Waals surface area contributed by atoms with E-state index in [1.807, 2.05) is 42.5 Å². The van der Waals surface area contributed by atoms with Gasteiger partial charge >= 0.3 is 0 Å². The number of aromatic amines is 1. The number of rotatable bonds is 4. The summed E-state index contributed by atoms with van der Waals surface area (Å²) in [6.07, 6.45) is 0.991. The largest absolute Gasteiger partial charge is 0.494 e. The Balaban J connectivity index is 2.00. The van der Waals surface area contributed by atoms with Crippen molar-refractivity contribution in [1.29, 1.82) is 0 Å². The van der Waals surface area contributed by atoms with Gasteiger partial charge in [-0.05, 0) is 30.7 Å². The summed E-state index contributed by atoms with van der Waals surface area (Å²) in [6, 6.07) is 13.6. The van der Waals surface area contributed by atoms with E-state index in [4.69, 9.17) is 16.3 Å². The monoisotopic (exact) mass is 286 g/mol. The van der Waals surface area contributed by atoms with Crippen molar-refractivity contribution in [2.45, 2.75) is 13.3 Å². The van der Waals surface area contributed by atoms with Gasteiger partial charge in [0, 0.05) is 5.56 Å². The predicted octanol–water partition coefficient (Wildman–Crippen LogP) is 4.67. The van der Waals surface area contributed by atoms with Gasteiger partial charge in [-0.25, -0.2) is 4.98 Å². The maximum Gasteiger partial charge on any atom is 0.138 e. The topological polar surface area (TPSA) is 37.9 Å². The number of imidazole rings is 1. The number of nitrogens with one attached hydrogen (secondary N) is 1. The van der Waals surface area contributed by atoms with E-state index in [-0.39, 0.29) is 0 Å². The summed E-state index contributed by atoms with van der Waals surface area (Å²) < 4.78 is 5.65. The molecule has 0 saturated heterocycles. The van der Waals surface area contributed by atoms with Gasteiger partial charge in [-0.3, -0.25) is 0 Å². The van der Waals surface area contributed by atoms with Gasteiger partial charge in [0.1, 0.15) is 17.1 Å². The number of para-hydroxylation sites is 1. The third kappa shape index (κ3) is 2.49. The zero-order chi connectivity index (χ0) is 13.9. The number of benzene rings is 2. The average Bonchev–Trinajstić information content (AvgIpc) is 2.91. The van der Waals surface area contributed by atoms with Crippen molar-refractivity contribution in [2.24, 2.45) is 0 Å². The van der Waals surface area contributed by atoms with Crippen molar-refractivity contribution in [3.8, 4) is 17.1 Å². The highest BCUT2D eigenvalue weighted by Crippen LogP contribution is 2.27. The fourth-order valence-electron chi connectivity index (χ4n) is 2.09. The Morgan fingerprint density at radius 2 is 2.05 bits per heavy atom. The molecule has 0 aliphatic heterocycles. The molecular weight excluding hydrogens is 272 g/mol. The SMILES string of the molecule is CCCOc1cccc(-c2nc3c(Cl)cccc3[nH]2)c1. The Morgan fingerprint density at radius 3 is 2.85 bits per heavy atom. The van der Waals surface area contributed by atoms with Crippen LogP contribution in [-0.4, -0.2) is 16.6 Å². The number of H-pyrrole nitrogens is 1. The highest BCUT2D eigenvalue weighted by Gasteiger charge is 2.08. The molecule has 3 rings (SSSR count). The molecule has 1 aromatic heterocycles. The first-order valence-electron chi connectivity index (χ1n) is 6.65. The molecule has 1 heterocycles. The third-order valence-corrected chi connectivity index (χ3v) is 3.35. The lowest BCUT2D eigenvalue weighted by Gasteiger charge is -2.05. The van der Waals surface area contributed by atoms with Crippen molar-refractivity contribution in [3.05, 3.63) is 47.5 Å². The second-order valence-electron chi connectivity index (χ2n) is 4.60. The second-order valence-corrected chi connectivity index (χ2v) is 5.00. The van der Waals surface area contributed by atoms with Crippen LogP contribution >= 0.6 is 11.6 Å². The van der Waals surface area contributed by atoms with Crippen LogP contribution in [0, 0.1) is 0 Å². The molecule has 0 atom stereocenters. The van der Waals surface area contributed by atoms with E-state index >= 15 is 0 Å². The minimum atomic E-state index is 0.656. The average molecular weight is 287 g/mol.